The molecule has 5 heteroatoms. The van der Waals surface area contributed by atoms with Crippen molar-refractivity contribution in [1.82, 2.24) is 9.80 Å². The molecule has 2 fully saturated rings. The molecule has 2 saturated heterocycles. The van der Waals surface area contributed by atoms with Crippen molar-refractivity contribution >= 4 is 5.91 Å². The van der Waals surface area contributed by atoms with Gasteiger partial charge in [0, 0.05) is 25.7 Å². The third-order valence-electron chi connectivity index (χ3n) is 4.53. The number of nitrogens with zero attached hydrogens (tertiary/aromatic N) is 2. The lowest BCUT2D eigenvalue weighted by molar-refractivity contribution is -0.158. The van der Waals surface area contributed by atoms with Crippen LogP contribution in [0.4, 0.5) is 0 Å². The highest BCUT2D eigenvalue weighted by Crippen LogP contribution is 2.23. The van der Waals surface area contributed by atoms with Crippen LogP contribution < -0.4 is 0 Å². The standard InChI is InChI=1S/C16H30N2O3/c1-4-13-7-5-6-8-18(13)15(20)10-17-9-14(11-19)21-16(2,3)12-17/h13-14,19H,4-12H2,1-3H3. The minimum Gasteiger partial charge on any atom is -0.394 e. The van der Waals surface area contributed by atoms with Crippen LogP contribution in [-0.2, 0) is 9.53 Å². The molecule has 2 rings (SSSR count). The largest absolute Gasteiger partial charge is 0.394 e. The lowest BCUT2D eigenvalue weighted by Crippen LogP contribution is -2.57. The molecule has 0 aliphatic carbocycles. The minimum absolute atomic E-state index is 0.00935. The summed E-state index contributed by atoms with van der Waals surface area (Å²) in [6.45, 7) is 8.92. The number of hydrogen-bond acceptors (Lipinski definition) is 4. The second kappa shape index (κ2) is 7.07. The Labute approximate surface area is 128 Å². The summed E-state index contributed by atoms with van der Waals surface area (Å²) in [5.74, 6) is 0.232. The van der Waals surface area contributed by atoms with Crippen LogP contribution in [0, 0.1) is 0 Å². The predicted octanol–water partition coefficient (Wildman–Crippen LogP) is 1.25. The number of carbonyl (C=O) groups is 1. The molecule has 2 atom stereocenters. The third kappa shape index (κ3) is 4.41. The molecule has 0 aromatic heterocycles. The van der Waals surface area contributed by atoms with Gasteiger partial charge in [0.1, 0.15) is 0 Å². The van der Waals surface area contributed by atoms with Crippen LogP contribution in [0.1, 0.15) is 46.5 Å². The van der Waals surface area contributed by atoms with Crippen LogP contribution in [0.3, 0.4) is 0 Å². The fourth-order valence-corrected chi connectivity index (χ4v) is 3.67. The second-order valence-electron chi connectivity index (χ2n) is 7.00. The van der Waals surface area contributed by atoms with E-state index in [9.17, 15) is 9.90 Å². The first kappa shape index (κ1) is 16.7. The molecular formula is C16H30N2O3. The van der Waals surface area contributed by atoms with E-state index in [-0.39, 0.29) is 24.2 Å². The summed E-state index contributed by atoms with van der Waals surface area (Å²) in [7, 11) is 0. The number of morpholine rings is 1. The molecule has 1 N–H and O–H groups in total. The fourth-order valence-electron chi connectivity index (χ4n) is 3.67. The quantitative estimate of drug-likeness (QED) is 0.849. The summed E-state index contributed by atoms with van der Waals surface area (Å²) >= 11 is 0. The van der Waals surface area contributed by atoms with Crippen molar-refractivity contribution in [2.45, 2.75) is 64.2 Å². The van der Waals surface area contributed by atoms with Crippen LogP contribution in [0.5, 0.6) is 0 Å². The molecule has 21 heavy (non-hydrogen) atoms. The number of likely N-dealkylation sites (tertiary alicyclic amines) is 1. The summed E-state index contributed by atoms with van der Waals surface area (Å²) in [6, 6.07) is 0.411. The van der Waals surface area contributed by atoms with Gasteiger partial charge in [-0.2, -0.15) is 0 Å². The van der Waals surface area contributed by atoms with Gasteiger partial charge in [0.25, 0.3) is 0 Å². The number of carbonyl (C=O) groups excluding carboxylic acids is 1. The minimum atomic E-state index is -0.308. The van der Waals surface area contributed by atoms with E-state index < -0.39 is 0 Å². The number of ether oxygens (including phenoxy) is 1. The van der Waals surface area contributed by atoms with Crippen molar-refractivity contribution in [3.8, 4) is 0 Å². The van der Waals surface area contributed by atoms with Gasteiger partial charge in [-0.1, -0.05) is 6.92 Å². The SMILES string of the molecule is CCC1CCCCN1C(=O)CN1CC(CO)OC(C)(C)C1. The molecule has 2 aliphatic heterocycles. The third-order valence-corrected chi connectivity index (χ3v) is 4.53. The Morgan fingerprint density at radius 3 is 2.81 bits per heavy atom. The zero-order valence-electron chi connectivity index (χ0n) is 13.7. The summed E-state index contributed by atoms with van der Waals surface area (Å²) in [5, 5.41) is 9.36. The molecule has 2 heterocycles. The average molecular weight is 298 g/mol. The van der Waals surface area contributed by atoms with Gasteiger partial charge in [0.05, 0.1) is 24.9 Å². The van der Waals surface area contributed by atoms with Crippen LogP contribution in [0.2, 0.25) is 0 Å². The van der Waals surface area contributed by atoms with E-state index in [1.807, 2.05) is 13.8 Å². The van der Waals surface area contributed by atoms with E-state index in [0.717, 1.165) is 32.4 Å². The lowest BCUT2D eigenvalue weighted by atomic mass is 9.99. The van der Waals surface area contributed by atoms with Crippen LogP contribution in [-0.4, -0.2) is 71.3 Å². The van der Waals surface area contributed by atoms with Crippen LogP contribution in [0.25, 0.3) is 0 Å². The van der Waals surface area contributed by atoms with Gasteiger partial charge in [-0.3, -0.25) is 9.69 Å². The molecule has 0 aromatic rings. The number of amides is 1. The lowest BCUT2D eigenvalue weighted by Gasteiger charge is -2.43. The highest BCUT2D eigenvalue weighted by atomic mass is 16.5. The summed E-state index contributed by atoms with van der Waals surface area (Å²) in [6.07, 6.45) is 4.34. The van der Waals surface area contributed by atoms with E-state index in [1.54, 1.807) is 0 Å². The summed E-state index contributed by atoms with van der Waals surface area (Å²) < 4.78 is 5.81. The Hall–Kier alpha value is -0.650. The van der Waals surface area contributed by atoms with Gasteiger partial charge in [-0.15, -0.1) is 0 Å². The summed E-state index contributed by atoms with van der Waals surface area (Å²) in [4.78, 5) is 16.8. The molecule has 1 amide bonds. The number of piperidine rings is 1. The van der Waals surface area contributed by atoms with E-state index in [2.05, 4.69) is 16.7 Å². The second-order valence-corrected chi connectivity index (χ2v) is 7.00. The first-order valence-corrected chi connectivity index (χ1v) is 8.25. The monoisotopic (exact) mass is 298 g/mol. The van der Waals surface area contributed by atoms with Gasteiger partial charge in [0.2, 0.25) is 5.91 Å². The van der Waals surface area contributed by atoms with E-state index in [4.69, 9.17) is 4.74 Å². The van der Waals surface area contributed by atoms with Crippen molar-refractivity contribution in [2.24, 2.45) is 0 Å². The maximum atomic E-state index is 12.6. The number of aliphatic hydroxyl groups is 1. The molecule has 122 valence electrons. The highest BCUT2D eigenvalue weighted by Gasteiger charge is 2.35. The van der Waals surface area contributed by atoms with Gasteiger partial charge >= 0.3 is 0 Å². The van der Waals surface area contributed by atoms with Crippen LogP contribution >= 0.6 is 0 Å². The molecule has 5 nitrogen and oxygen atoms in total. The normalized spacial score (nSPS) is 30.4. The summed E-state index contributed by atoms with van der Waals surface area (Å²) in [5.41, 5.74) is -0.308. The highest BCUT2D eigenvalue weighted by molar-refractivity contribution is 5.78. The van der Waals surface area contributed by atoms with Gasteiger partial charge in [-0.25, -0.2) is 0 Å². The van der Waals surface area contributed by atoms with Gasteiger partial charge in [0.15, 0.2) is 0 Å². The van der Waals surface area contributed by atoms with Crippen molar-refractivity contribution in [1.29, 1.82) is 0 Å². The Kier molecular flexibility index (Phi) is 5.63. The molecule has 0 aromatic carbocycles. The van der Waals surface area contributed by atoms with Gasteiger partial charge in [-0.05, 0) is 39.5 Å². The number of aliphatic hydroxyl groups excluding tert-OH is 1. The first-order chi connectivity index (χ1) is 9.95. The van der Waals surface area contributed by atoms with Crippen molar-refractivity contribution in [2.75, 3.05) is 32.8 Å². The Morgan fingerprint density at radius 1 is 1.38 bits per heavy atom. The van der Waals surface area contributed by atoms with Crippen molar-refractivity contribution in [3.05, 3.63) is 0 Å². The molecule has 2 aliphatic rings. The van der Waals surface area contributed by atoms with Gasteiger partial charge < -0.3 is 14.7 Å². The van der Waals surface area contributed by atoms with E-state index in [1.165, 1.54) is 6.42 Å². The molecule has 0 radical (unpaired) electrons. The number of hydrogen-bond donors (Lipinski definition) is 1. The topological polar surface area (TPSA) is 53.0 Å². The van der Waals surface area contributed by atoms with Crippen molar-refractivity contribution in [3.63, 3.8) is 0 Å². The average Bonchev–Trinajstić information content (AvgIpc) is 2.45. The van der Waals surface area contributed by atoms with Crippen molar-refractivity contribution < 1.29 is 14.6 Å². The first-order valence-electron chi connectivity index (χ1n) is 8.25. The maximum absolute atomic E-state index is 12.6. The molecule has 2 unspecified atom stereocenters. The number of rotatable bonds is 4. The van der Waals surface area contributed by atoms with Crippen LogP contribution in [0.15, 0.2) is 0 Å². The van der Waals surface area contributed by atoms with E-state index in [0.29, 0.717) is 19.1 Å². The zero-order chi connectivity index (χ0) is 15.5. The fraction of sp³-hybridized carbons (Fsp3) is 0.938. The molecule has 0 saturated carbocycles. The van der Waals surface area contributed by atoms with E-state index >= 15 is 0 Å². The zero-order valence-corrected chi connectivity index (χ0v) is 13.7. The predicted molar refractivity (Wildman–Crippen MR) is 82.1 cm³/mol. The Balaban J connectivity index is 1.94. The Morgan fingerprint density at radius 2 is 2.14 bits per heavy atom. The maximum Gasteiger partial charge on any atom is 0.237 e. The molecule has 0 bridgehead atoms. The Bertz CT molecular complexity index is 359. The molecular weight excluding hydrogens is 268 g/mol. The molecule has 0 spiro atoms. The smallest absolute Gasteiger partial charge is 0.237 e.